The Labute approximate surface area is 218 Å². The van der Waals surface area contributed by atoms with E-state index in [1.165, 1.54) is 35.2 Å². The number of carbonyl (C=O) groups is 1. The van der Waals surface area contributed by atoms with Gasteiger partial charge in [-0.05, 0) is 56.2 Å². The first-order valence-corrected chi connectivity index (χ1v) is 12.4. The Balaban J connectivity index is 2.16. The molecule has 1 amide bonds. The molecule has 38 heavy (non-hydrogen) atoms. The SMILES string of the molecule is CCCCn1c(=O)c2c(Nc3ccc(C)cc3F)n(C)c(=O)c(C)c2n(-c2cccc(NC(C)=O)c2)c1=O. The van der Waals surface area contributed by atoms with Crippen molar-refractivity contribution in [2.45, 2.75) is 47.1 Å². The Morgan fingerprint density at radius 3 is 2.42 bits per heavy atom. The van der Waals surface area contributed by atoms with Crippen molar-refractivity contribution >= 4 is 34.0 Å². The summed E-state index contributed by atoms with van der Waals surface area (Å²) in [5.41, 5.74) is 0.255. The number of nitrogens with one attached hydrogen (secondary N) is 2. The minimum Gasteiger partial charge on any atom is -0.338 e. The molecule has 10 heteroatoms. The third-order valence-electron chi connectivity index (χ3n) is 6.43. The van der Waals surface area contributed by atoms with Crippen molar-refractivity contribution in [3.8, 4) is 5.69 Å². The summed E-state index contributed by atoms with van der Waals surface area (Å²) in [5.74, 6) is -0.766. The van der Waals surface area contributed by atoms with E-state index in [0.29, 0.717) is 23.4 Å². The normalized spacial score (nSPS) is 11.1. The van der Waals surface area contributed by atoms with Crippen LogP contribution in [0.25, 0.3) is 16.6 Å². The fourth-order valence-corrected chi connectivity index (χ4v) is 4.52. The summed E-state index contributed by atoms with van der Waals surface area (Å²) in [4.78, 5) is 52.7. The minimum atomic E-state index is -0.611. The van der Waals surface area contributed by atoms with Gasteiger partial charge in [0, 0.05) is 31.8 Å². The molecule has 0 saturated heterocycles. The first kappa shape index (κ1) is 26.6. The number of fused-ring (bicyclic) bond motifs is 1. The highest BCUT2D eigenvalue weighted by molar-refractivity contribution is 5.94. The third-order valence-corrected chi connectivity index (χ3v) is 6.43. The van der Waals surface area contributed by atoms with Gasteiger partial charge in [0.05, 0.1) is 16.9 Å². The van der Waals surface area contributed by atoms with Gasteiger partial charge in [-0.25, -0.2) is 9.18 Å². The van der Waals surface area contributed by atoms with Gasteiger partial charge >= 0.3 is 5.69 Å². The van der Waals surface area contributed by atoms with Gasteiger partial charge in [0.2, 0.25) is 5.91 Å². The number of hydrogen-bond donors (Lipinski definition) is 2. The number of pyridine rings is 1. The van der Waals surface area contributed by atoms with E-state index in [-0.39, 0.29) is 40.4 Å². The zero-order valence-corrected chi connectivity index (χ0v) is 22.0. The van der Waals surface area contributed by atoms with Crippen molar-refractivity contribution in [3.05, 3.63) is 90.6 Å². The molecule has 4 aromatic rings. The average Bonchev–Trinajstić information content (AvgIpc) is 2.86. The van der Waals surface area contributed by atoms with Gasteiger partial charge in [0.15, 0.2) is 0 Å². The first-order valence-electron chi connectivity index (χ1n) is 12.4. The lowest BCUT2D eigenvalue weighted by Gasteiger charge is -2.21. The molecule has 2 N–H and O–H groups in total. The summed E-state index contributed by atoms with van der Waals surface area (Å²) in [5, 5.41) is 5.71. The van der Waals surface area contributed by atoms with Crippen molar-refractivity contribution < 1.29 is 9.18 Å². The Kier molecular flexibility index (Phi) is 7.34. The lowest BCUT2D eigenvalue weighted by Crippen LogP contribution is -2.41. The molecular weight excluding hydrogens is 489 g/mol. The summed E-state index contributed by atoms with van der Waals surface area (Å²) in [6.07, 6.45) is 1.32. The number of aromatic nitrogens is 3. The highest BCUT2D eigenvalue weighted by Crippen LogP contribution is 2.27. The van der Waals surface area contributed by atoms with Crippen molar-refractivity contribution in [1.82, 2.24) is 13.7 Å². The highest BCUT2D eigenvalue weighted by atomic mass is 19.1. The molecule has 198 valence electrons. The highest BCUT2D eigenvalue weighted by Gasteiger charge is 2.23. The molecule has 0 fully saturated rings. The van der Waals surface area contributed by atoms with E-state index in [4.69, 9.17) is 0 Å². The average molecular weight is 520 g/mol. The molecule has 0 aliphatic rings. The second-order valence-corrected chi connectivity index (χ2v) is 9.33. The summed E-state index contributed by atoms with van der Waals surface area (Å²) < 4.78 is 18.5. The van der Waals surface area contributed by atoms with E-state index in [9.17, 15) is 23.6 Å². The van der Waals surface area contributed by atoms with Crippen LogP contribution in [0.15, 0.2) is 56.8 Å². The van der Waals surface area contributed by atoms with Crippen LogP contribution in [0, 0.1) is 19.7 Å². The summed E-state index contributed by atoms with van der Waals surface area (Å²) in [6.45, 7) is 6.78. The molecule has 4 rings (SSSR count). The Hall–Kier alpha value is -4.47. The number of carbonyl (C=O) groups excluding carboxylic acids is 1. The molecule has 0 bridgehead atoms. The first-order chi connectivity index (χ1) is 18.0. The van der Waals surface area contributed by atoms with Gasteiger partial charge < -0.3 is 10.6 Å². The monoisotopic (exact) mass is 519 g/mol. The fourth-order valence-electron chi connectivity index (χ4n) is 4.52. The zero-order chi connectivity index (χ0) is 27.7. The molecular formula is C28H30FN5O4. The van der Waals surface area contributed by atoms with Crippen LogP contribution in [0.5, 0.6) is 0 Å². The van der Waals surface area contributed by atoms with E-state index in [2.05, 4.69) is 10.6 Å². The molecule has 0 aliphatic carbocycles. The smallest absolute Gasteiger partial charge is 0.336 e. The topological polar surface area (TPSA) is 107 Å². The van der Waals surface area contributed by atoms with Crippen LogP contribution in [-0.4, -0.2) is 19.6 Å². The van der Waals surface area contributed by atoms with Crippen molar-refractivity contribution in [1.29, 1.82) is 0 Å². The molecule has 0 atom stereocenters. The standard InChI is InChI=1S/C28H30FN5O4/c1-6-7-13-33-27(37)23-24(34(28(33)38)20-10-8-9-19(15-20)30-18(4)35)17(3)26(36)32(5)25(23)31-22-12-11-16(2)14-21(22)29/h8-12,14-15,31H,6-7,13H2,1-5H3,(H,30,35). The maximum Gasteiger partial charge on any atom is 0.336 e. The number of benzene rings is 2. The van der Waals surface area contributed by atoms with Crippen LogP contribution in [0.2, 0.25) is 0 Å². The predicted molar refractivity (Wildman–Crippen MR) is 147 cm³/mol. The Bertz CT molecular complexity index is 1750. The molecule has 0 spiro atoms. The van der Waals surface area contributed by atoms with Crippen LogP contribution >= 0.6 is 0 Å². The summed E-state index contributed by atoms with van der Waals surface area (Å²) in [6, 6.07) is 11.2. The van der Waals surface area contributed by atoms with Crippen LogP contribution in [-0.2, 0) is 18.4 Å². The number of aryl methyl sites for hydroxylation is 2. The van der Waals surface area contributed by atoms with E-state index < -0.39 is 22.6 Å². The third kappa shape index (κ3) is 4.77. The van der Waals surface area contributed by atoms with Gasteiger partial charge in [-0.2, -0.15) is 0 Å². The van der Waals surface area contributed by atoms with Crippen LogP contribution in [0.3, 0.4) is 0 Å². The van der Waals surface area contributed by atoms with Crippen molar-refractivity contribution in [3.63, 3.8) is 0 Å². The lowest BCUT2D eigenvalue weighted by molar-refractivity contribution is -0.114. The maximum atomic E-state index is 14.8. The van der Waals surface area contributed by atoms with Gasteiger partial charge in [0.25, 0.3) is 11.1 Å². The van der Waals surface area contributed by atoms with E-state index in [1.54, 1.807) is 44.2 Å². The molecule has 2 aromatic heterocycles. The molecule has 2 heterocycles. The summed E-state index contributed by atoms with van der Waals surface area (Å²) in [7, 11) is 1.49. The molecule has 9 nitrogen and oxygen atoms in total. The molecule has 0 saturated carbocycles. The number of halogens is 1. The van der Waals surface area contributed by atoms with Gasteiger partial charge in [-0.1, -0.05) is 25.5 Å². The zero-order valence-electron chi connectivity index (χ0n) is 22.0. The number of rotatable bonds is 7. The predicted octanol–water partition coefficient (Wildman–Crippen LogP) is 4.11. The minimum absolute atomic E-state index is 0.0698. The second kappa shape index (κ2) is 10.5. The number of nitrogens with zero attached hydrogens (tertiary/aromatic N) is 3. The number of amides is 1. The van der Waals surface area contributed by atoms with Crippen LogP contribution < -0.4 is 27.4 Å². The number of anilines is 3. The van der Waals surface area contributed by atoms with Crippen LogP contribution in [0.1, 0.15) is 37.8 Å². The van der Waals surface area contributed by atoms with E-state index in [1.807, 2.05) is 6.92 Å². The van der Waals surface area contributed by atoms with Crippen molar-refractivity contribution in [2.75, 3.05) is 10.6 Å². The number of hydrogen-bond acceptors (Lipinski definition) is 5. The van der Waals surface area contributed by atoms with E-state index in [0.717, 1.165) is 11.0 Å². The van der Waals surface area contributed by atoms with Gasteiger partial charge in [0.1, 0.15) is 17.0 Å². The van der Waals surface area contributed by atoms with Crippen molar-refractivity contribution in [2.24, 2.45) is 7.05 Å². The second-order valence-electron chi connectivity index (χ2n) is 9.33. The number of unbranched alkanes of at least 4 members (excludes halogenated alkanes) is 1. The molecule has 0 unspecified atom stereocenters. The molecule has 2 aromatic carbocycles. The maximum absolute atomic E-state index is 14.8. The van der Waals surface area contributed by atoms with Gasteiger partial charge in [-0.3, -0.25) is 28.1 Å². The molecule has 0 radical (unpaired) electrons. The molecule has 0 aliphatic heterocycles. The van der Waals surface area contributed by atoms with E-state index >= 15 is 0 Å². The van der Waals surface area contributed by atoms with Gasteiger partial charge in [-0.15, -0.1) is 0 Å². The Morgan fingerprint density at radius 2 is 1.76 bits per heavy atom. The summed E-state index contributed by atoms with van der Waals surface area (Å²) >= 11 is 0. The fraction of sp³-hybridized carbons (Fsp3) is 0.286. The largest absolute Gasteiger partial charge is 0.338 e. The Morgan fingerprint density at radius 1 is 1.03 bits per heavy atom. The lowest BCUT2D eigenvalue weighted by atomic mass is 10.1. The van der Waals surface area contributed by atoms with Crippen LogP contribution in [0.4, 0.5) is 21.6 Å². The quantitative estimate of drug-likeness (QED) is 0.382.